The van der Waals surface area contributed by atoms with E-state index in [9.17, 15) is 0 Å². The molecule has 1 saturated heterocycles. The van der Waals surface area contributed by atoms with Crippen molar-refractivity contribution in [2.45, 2.75) is 11.4 Å². The molecule has 3 heteroatoms. The first-order chi connectivity index (χ1) is 6.40. The van der Waals surface area contributed by atoms with Gasteiger partial charge in [-0.25, -0.2) is 0 Å². The van der Waals surface area contributed by atoms with Crippen molar-refractivity contribution in [3.63, 3.8) is 0 Å². The fraction of sp³-hybridized carbons (Fsp3) is 0.400. The topological polar surface area (TPSA) is 32.3 Å². The summed E-state index contributed by atoms with van der Waals surface area (Å²) in [6, 6.07) is 10.6. The third-order valence-electron chi connectivity index (χ3n) is 2.17. The maximum Gasteiger partial charge on any atom is 0.0793 e. The van der Waals surface area contributed by atoms with Crippen molar-refractivity contribution in [1.82, 2.24) is 5.32 Å². The molecule has 1 aromatic carbocycles. The Morgan fingerprint density at radius 1 is 1.38 bits per heavy atom. The maximum absolute atomic E-state index is 8.95. The largest absolute Gasteiger partial charge is 0.395 e. The number of rotatable bonds is 2. The Balaban J connectivity index is 2.04. The minimum absolute atomic E-state index is 0.232. The Hall–Kier alpha value is -0.510. The van der Waals surface area contributed by atoms with Crippen molar-refractivity contribution < 1.29 is 5.11 Å². The zero-order valence-corrected chi connectivity index (χ0v) is 8.13. The van der Waals surface area contributed by atoms with Crippen LogP contribution >= 0.6 is 11.8 Å². The van der Waals surface area contributed by atoms with E-state index in [-0.39, 0.29) is 12.6 Å². The first kappa shape index (κ1) is 9.06. The molecule has 0 saturated carbocycles. The monoisotopic (exact) mass is 195 g/mol. The summed E-state index contributed by atoms with van der Waals surface area (Å²) in [6.07, 6.45) is 0. The highest BCUT2D eigenvalue weighted by Gasteiger charge is 2.24. The molecule has 1 aliphatic heterocycles. The number of nitrogens with one attached hydrogen (secondary N) is 1. The lowest BCUT2D eigenvalue weighted by Crippen LogP contribution is -2.28. The van der Waals surface area contributed by atoms with Gasteiger partial charge in [-0.2, -0.15) is 0 Å². The Bertz CT molecular complexity index is 265. The Morgan fingerprint density at radius 3 is 2.77 bits per heavy atom. The zero-order chi connectivity index (χ0) is 9.10. The lowest BCUT2D eigenvalue weighted by Gasteiger charge is -2.11. The summed E-state index contributed by atoms with van der Waals surface area (Å²) in [4.78, 5) is 0. The third kappa shape index (κ3) is 2.05. The van der Waals surface area contributed by atoms with Gasteiger partial charge < -0.3 is 5.11 Å². The van der Waals surface area contributed by atoms with Gasteiger partial charge >= 0.3 is 0 Å². The molecule has 0 bridgehead atoms. The van der Waals surface area contributed by atoms with Crippen molar-refractivity contribution in [1.29, 1.82) is 0 Å². The van der Waals surface area contributed by atoms with Gasteiger partial charge in [0, 0.05) is 11.8 Å². The fourth-order valence-electron chi connectivity index (χ4n) is 1.45. The highest BCUT2D eigenvalue weighted by molar-refractivity contribution is 7.99. The predicted molar refractivity (Wildman–Crippen MR) is 55.7 cm³/mol. The van der Waals surface area contributed by atoms with Gasteiger partial charge in [0.15, 0.2) is 0 Å². The summed E-state index contributed by atoms with van der Waals surface area (Å²) in [6.45, 7) is 0.232. The number of thioether (sulfide) groups is 1. The molecular weight excluding hydrogens is 182 g/mol. The molecule has 1 heterocycles. The van der Waals surface area contributed by atoms with Gasteiger partial charge in [0.2, 0.25) is 0 Å². The van der Waals surface area contributed by atoms with Crippen LogP contribution in [0.15, 0.2) is 30.3 Å². The van der Waals surface area contributed by atoms with Crippen LogP contribution in [-0.4, -0.2) is 23.5 Å². The van der Waals surface area contributed by atoms with E-state index in [0.29, 0.717) is 5.37 Å². The molecule has 2 nitrogen and oxygen atoms in total. The smallest absolute Gasteiger partial charge is 0.0793 e. The Morgan fingerprint density at radius 2 is 2.15 bits per heavy atom. The van der Waals surface area contributed by atoms with Crippen LogP contribution in [0, 0.1) is 0 Å². The average molecular weight is 195 g/mol. The van der Waals surface area contributed by atoms with E-state index in [2.05, 4.69) is 17.4 Å². The lowest BCUT2D eigenvalue weighted by atomic mass is 10.2. The second-order valence-corrected chi connectivity index (χ2v) is 4.31. The highest BCUT2D eigenvalue weighted by atomic mass is 32.2. The second-order valence-electron chi connectivity index (χ2n) is 3.17. The van der Waals surface area contributed by atoms with E-state index in [1.54, 1.807) is 0 Å². The van der Waals surface area contributed by atoms with Crippen LogP contribution < -0.4 is 5.32 Å². The van der Waals surface area contributed by atoms with Gasteiger partial charge in [-0.3, -0.25) is 5.32 Å². The van der Waals surface area contributed by atoms with Gasteiger partial charge in [0.25, 0.3) is 0 Å². The SMILES string of the molecule is OC[C@@H]1CSC(c2ccccc2)N1. The molecule has 1 aromatic rings. The molecule has 1 unspecified atom stereocenters. The molecular formula is C10H13NOS. The second kappa shape index (κ2) is 4.13. The summed E-state index contributed by atoms with van der Waals surface area (Å²) >= 11 is 1.86. The van der Waals surface area contributed by atoms with Crippen LogP contribution in [0.2, 0.25) is 0 Å². The number of benzene rings is 1. The van der Waals surface area contributed by atoms with E-state index in [1.165, 1.54) is 5.56 Å². The van der Waals surface area contributed by atoms with Crippen LogP contribution in [0.3, 0.4) is 0 Å². The third-order valence-corrected chi connectivity index (χ3v) is 3.51. The van der Waals surface area contributed by atoms with Gasteiger partial charge in [-0.15, -0.1) is 11.8 Å². The predicted octanol–water partition coefficient (Wildman–Crippen LogP) is 1.38. The molecule has 2 N–H and O–H groups in total. The Kier molecular flexibility index (Phi) is 2.88. The Labute approximate surface area is 82.4 Å². The highest BCUT2D eigenvalue weighted by Crippen LogP contribution is 2.32. The fourth-order valence-corrected chi connectivity index (χ4v) is 2.71. The number of aliphatic hydroxyl groups is 1. The summed E-state index contributed by atoms with van der Waals surface area (Å²) in [5.74, 6) is 0.996. The molecule has 1 aliphatic rings. The van der Waals surface area contributed by atoms with E-state index in [1.807, 2.05) is 30.0 Å². The van der Waals surface area contributed by atoms with E-state index in [4.69, 9.17) is 5.11 Å². The van der Waals surface area contributed by atoms with Crippen LogP contribution in [-0.2, 0) is 0 Å². The number of aliphatic hydroxyl groups excluding tert-OH is 1. The molecule has 0 aliphatic carbocycles. The lowest BCUT2D eigenvalue weighted by molar-refractivity contribution is 0.257. The van der Waals surface area contributed by atoms with Crippen LogP contribution in [0.5, 0.6) is 0 Å². The van der Waals surface area contributed by atoms with E-state index < -0.39 is 0 Å². The van der Waals surface area contributed by atoms with Crippen molar-refractivity contribution in [2.24, 2.45) is 0 Å². The average Bonchev–Trinajstić information content (AvgIpc) is 2.67. The minimum atomic E-state index is 0.232. The van der Waals surface area contributed by atoms with Crippen molar-refractivity contribution >= 4 is 11.8 Å². The first-order valence-corrected chi connectivity index (χ1v) is 5.48. The molecule has 0 aromatic heterocycles. The van der Waals surface area contributed by atoms with Gasteiger partial charge in [-0.1, -0.05) is 30.3 Å². The molecule has 0 radical (unpaired) electrons. The van der Waals surface area contributed by atoms with Gasteiger partial charge in [-0.05, 0) is 5.56 Å². The standard InChI is InChI=1S/C10H13NOS/c12-6-9-7-13-10(11-9)8-4-2-1-3-5-8/h1-5,9-12H,6-7H2/t9-,10?/m1/s1. The molecule has 0 spiro atoms. The number of hydrogen-bond acceptors (Lipinski definition) is 3. The van der Waals surface area contributed by atoms with Gasteiger partial charge in [0.05, 0.1) is 12.0 Å². The maximum atomic E-state index is 8.95. The quantitative estimate of drug-likeness (QED) is 0.748. The van der Waals surface area contributed by atoms with Gasteiger partial charge in [0.1, 0.15) is 0 Å². The molecule has 2 atom stereocenters. The first-order valence-electron chi connectivity index (χ1n) is 4.43. The number of hydrogen-bond donors (Lipinski definition) is 2. The molecule has 2 rings (SSSR count). The minimum Gasteiger partial charge on any atom is -0.395 e. The van der Waals surface area contributed by atoms with Crippen LogP contribution in [0.4, 0.5) is 0 Å². The summed E-state index contributed by atoms with van der Waals surface area (Å²) in [5, 5.41) is 12.7. The summed E-state index contributed by atoms with van der Waals surface area (Å²) in [5.41, 5.74) is 1.29. The van der Waals surface area contributed by atoms with E-state index in [0.717, 1.165) is 5.75 Å². The van der Waals surface area contributed by atoms with Crippen LogP contribution in [0.25, 0.3) is 0 Å². The molecule has 1 fully saturated rings. The zero-order valence-electron chi connectivity index (χ0n) is 7.31. The van der Waals surface area contributed by atoms with Crippen molar-refractivity contribution in [2.75, 3.05) is 12.4 Å². The normalized spacial score (nSPS) is 27.8. The summed E-state index contributed by atoms with van der Waals surface area (Å²) in [7, 11) is 0. The van der Waals surface area contributed by atoms with Crippen molar-refractivity contribution in [3.8, 4) is 0 Å². The molecule has 13 heavy (non-hydrogen) atoms. The van der Waals surface area contributed by atoms with E-state index >= 15 is 0 Å². The van der Waals surface area contributed by atoms with Crippen LogP contribution in [0.1, 0.15) is 10.9 Å². The molecule has 0 amide bonds. The van der Waals surface area contributed by atoms with Crippen molar-refractivity contribution in [3.05, 3.63) is 35.9 Å². The summed E-state index contributed by atoms with van der Waals surface area (Å²) < 4.78 is 0. The molecule has 70 valence electrons.